The van der Waals surface area contributed by atoms with Crippen LogP contribution in [0, 0.1) is 11.7 Å². The van der Waals surface area contributed by atoms with Crippen molar-refractivity contribution in [2.75, 3.05) is 16.8 Å². The smallest absolute Gasteiger partial charge is 0.230 e. The molecular weight excluding hydrogens is 343 g/mol. The van der Waals surface area contributed by atoms with Gasteiger partial charge in [-0.25, -0.2) is 4.39 Å². The van der Waals surface area contributed by atoms with Gasteiger partial charge in [0, 0.05) is 30.3 Å². The first-order valence-corrected chi connectivity index (χ1v) is 9.59. The molecule has 1 fully saturated rings. The highest BCUT2D eigenvalue weighted by molar-refractivity contribution is 5.98. The fourth-order valence-electron chi connectivity index (χ4n) is 3.63. The molecule has 5 heteroatoms. The van der Waals surface area contributed by atoms with Gasteiger partial charge in [-0.2, -0.15) is 0 Å². The zero-order valence-corrected chi connectivity index (χ0v) is 15.2. The molecule has 0 spiro atoms. The number of nitrogens with zero attached hydrogens (tertiary/aromatic N) is 1. The molecule has 0 unspecified atom stereocenters. The lowest BCUT2D eigenvalue weighted by atomic mass is 10.00. The van der Waals surface area contributed by atoms with Crippen LogP contribution in [-0.2, 0) is 22.4 Å². The van der Waals surface area contributed by atoms with E-state index >= 15 is 0 Å². The predicted octanol–water partition coefficient (Wildman–Crippen LogP) is 4.09. The van der Waals surface area contributed by atoms with E-state index in [-0.39, 0.29) is 23.5 Å². The Balaban J connectivity index is 1.39. The zero-order valence-electron chi connectivity index (χ0n) is 15.2. The molecule has 2 aliphatic rings. The molecule has 0 atom stereocenters. The summed E-state index contributed by atoms with van der Waals surface area (Å²) >= 11 is 0. The van der Waals surface area contributed by atoms with Crippen LogP contribution in [-0.4, -0.2) is 18.4 Å². The molecule has 1 aliphatic carbocycles. The van der Waals surface area contributed by atoms with Crippen LogP contribution < -0.4 is 10.2 Å². The number of aryl methyl sites for hydroxylation is 2. The van der Waals surface area contributed by atoms with Crippen LogP contribution in [0.15, 0.2) is 42.5 Å². The summed E-state index contributed by atoms with van der Waals surface area (Å²) in [4.78, 5) is 26.6. The Bertz CT molecular complexity index is 876. The molecule has 2 aromatic carbocycles. The van der Waals surface area contributed by atoms with Crippen LogP contribution in [0.3, 0.4) is 0 Å². The van der Waals surface area contributed by atoms with Crippen LogP contribution in [0.25, 0.3) is 0 Å². The third-order valence-electron chi connectivity index (χ3n) is 5.20. The van der Waals surface area contributed by atoms with Gasteiger partial charge in [-0.1, -0.05) is 12.1 Å². The average Bonchev–Trinajstić information content (AvgIpc) is 3.50. The van der Waals surface area contributed by atoms with E-state index in [4.69, 9.17) is 0 Å². The molecular formula is C22H23FN2O2. The minimum atomic E-state index is -0.284. The minimum Gasteiger partial charge on any atom is -0.326 e. The highest BCUT2D eigenvalue weighted by atomic mass is 19.1. The largest absolute Gasteiger partial charge is 0.326 e. The van der Waals surface area contributed by atoms with Gasteiger partial charge in [0.05, 0.1) is 0 Å². The lowest BCUT2D eigenvalue weighted by Gasteiger charge is -2.30. The van der Waals surface area contributed by atoms with E-state index in [2.05, 4.69) is 5.32 Å². The summed E-state index contributed by atoms with van der Waals surface area (Å²) < 4.78 is 13.2. The van der Waals surface area contributed by atoms with Crippen LogP contribution in [0.2, 0.25) is 0 Å². The van der Waals surface area contributed by atoms with Crippen molar-refractivity contribution in [1.29, 1.82) is 0 Å². The molecule has 1 saturated carbocycles. The number of rotatable bonds is 5. The number of halogens is 1. The molecule has 27 heavy (non-hydrogen) atoms. The number of hydrogen-bond donors (Lipinski definition) is 1. The van der Waals surface area contributed by atoms with E-state index in [1.54, 1.807) is 6.07 Å². The summed E-state index contributed by atoms with van der Waals surface area (Å²) in [5.41, 5.74) is 3.65. The van der Waals surface area contributed by atoms with E-state index in [1.807, 2.05) is 29.2 Å². The third kappa shape index (κ3) is 4.18. The molecule has 0 bridgehead atoms. The SMILES string of the molecule is O=C(CCc1cccc(F)c1)Nc1ccc2c(c1)CCCN2C(=O)C1CC1. The summed E-state index contributed by atoms with van der Waals surface area (Å²) in [7, 11) is 0. The summed E-state index contributed by atoms with van der Waals surface area (Å²) in [6, 6.07) is 12.1. The number of anilines is 2. The first-order chi connectivity index (χ1) is 13.1. The topological polar surface area (TPSA) is 49.4 Å². The zero-order chi connectivity index (χ0) is 18.8. The predicted molar refractivity (Wildman–Crippen MR) is 103 cm³/mol. The van der Waals surface area contributed by atoms with Gasteiger partial charge in [-0.15, -0.1) is 0 Å². The molecule has 4 rings (SSSR count). The van der Waals surface area contributed by atoms with Gasteiger partial charge < -0.3 is 10.2 Å². The number of hydrogen-bond acceptors (Lipinski definition) is 2. The van der Waals surface area contributed by atoms with E-state index in [1.165, 1.54) is 12.1 Å². The van der Waals surface area contributed by atoms with Crippen LogP contribution in [0.4, 0.5) is 15.8 Å². The second kappa shape index (κ2) is 7.51. The Labute approximate surface area is 158 Å². The van der Waals surface area contributed by atoms with Crippen LogP contribution in [0.5, 0.6) is 0 Å². The third-order valence-corrected chi connectivity index (χ3v) is 5.20. The Morgan fingerprint density at radius 1 is 1.15 bits per heavy atom. The summed E-state index contributed by atoms with van der Waals surface area (Å²) in [5.74, 6) is 0.0646. The maximum Gasteiger partial charge on any atom is 0.230 e. The van der Waals surface area contributed by atoms with Gasteiger partial charge in [0.15, 0.2) is 0 Å². The average molecular weight is 366 g/mol. The minimum absolute atomic E-state index is 0.0964. The maximum atomic E-state index is 13.2. The van der Waals surface area contributed by atoms with Gasteiger partial charge in [-0.3, -0.25) is 9.59 Å². The Kier molecular flexibility index (Phi) is 4.92. The number of carbonyl (C=O) groups excluding carboxylic acids is 2. The standard InChI is InChI=1S/C22H23FN2O2/c23-18-5-1-3-15(13-18)6-11-21(26)24-19-9-10-20-17(14-19)4-2-12-25(20)22(27)16-7-8-16/h1,3,5,9-10,13-14,16H,2,4,6-8,11-12H2,(H,24,26). The molecule has 0 radical (unpaired) electrons. The van der Waals surface area contributed by atoms with E-state index < -0.39 is 0 Å². The van der Waals surface area contributed by atoms with Gasteiger partial charge in [-0.05, 0) is 73.6 Å². The normalized spacial score (nSPS) is 16.0. The molecule has 1 heterocycles. The quantitative estimate of drug-likeness (QED) is 0.867. The van der Waals surface area contributed by atoms with Crippen molar-refractivity contribution >= 4 is 23.2 Å². The lowest BCUT2D eigenvalue weighted by Crippen LogP contribution is -2.36. The van der Waals surface area contributed by atoms with Gasteiger partial charge in [0.2, 0.25) is 11.8 Å². The first kappa shape index (κ1) is 17.7. The molecule has 2 aromatic rings. The Hall–Kier alpha value is -2.69. The second-order valence-electron chi connectivity index (χ2n) is 7.39. The van der Waals surface area contributed by atoms with Gasteiger partial charge >= 0.3 is 0 Å². The molecule has 140 valence electrons. The lowest BCUT2D eigenvalue weighted by molar-refractivity contribution is -0.120. The van der Waals surface area contributed by atoms with Crippen molar-refractivity contribution in [2.24, 2.45) is 5.92 Å². The Morgan fingerprint density at radius 3 is 2.78 bits per heavy atom. The summed E-state index contributed by atoms with van der Waals surface area (Å²) in [6.45, 7) is 0.779. The van der Waals surface area contributed by atoms with E-state index in [9.17, 15) is 14.0 Å². The van der Waals surface area contributed by atoms with Crippen molar-refractivity contribution in [2.45, 2.75) is 38.5 Å². The number of benzene rings is 2. The van der Waals surface area contributed by atoms with E-state index in [0.717, 1.165) is 54.7 Å². The van der Waals surface area contributed by atoms with Crippen LogP contribution in [0.1, 0.15) is 36.8 Å². The molecule has 4 nitrogen and oxygen atoms in total. The molecule has 0 aromatic heterocycles. The fraction of sp³-hybridized carbons (Fsp3) is 0.364. The number of fused-ring (bicyclic) bond motifs is 1. The second-order valence-corrected chi connectivity index (χ2v) is 7.39. The van der Waals surface area contributed by atoms with E-state index in [0.29, 0.717) is 12.8 Å². The van der Waals surface area contributed by atoms with Crippen molar-refractivity contribution in [3.63, 3.8) is 0 Å². The first-order valence-electron chi connectivity index (χ1n) is 9.59. The number of nitrogens with one attached hydrogen (secondary N) is 1. The number of carbonyl (C=O) groups is 2. The molecule has 1 aliphatic heterocycles. The highest BCUT2D eigenvalue weighted by Crippen LogP contribution is 2.36. The molecule has 2 amide bonds. The van der Waals surface area contributed by atoms with Crippen molar-refractivity contribution < 1.29 is 14.0 Å². The maximum absolute atomic E-state index is 13.2. The molecule has 1 N–H and O–H groups in total. The van der Waals surface area contributed by atoms with Gasteiger partial charge in [0.25, 0.3) is 0 Å². The van der Waals surface area contributed by atoms with Crippen LogP contribution >= 0.6 is 0 Å². The van der Waals surface area contributed by atoms with Crippen molar-refractivity contribution in [3.05, 3.63) is 59.4 Å². The highest BCUT2D eigenvalue weighted by Gasteiger charge is 2.35. The van der Waals surface area contributed by atoms with Gasteiger partial charge in [0.1, 0.15) is 5.82 Å². The fourth-order valence-corrected chi connectivity index (χ4v) is 3.63. The van der Waals surface area contributed by atoms with Crippen molar-refractivity contribution in [1.82, 2.24) is 0 Å². The molecule has 0 saturated heterocycles. The Morgan fingerprint density at radius 2 is 2.00 bits per heavy atom. The monoisotopic (exact) mass is 366 g/mol. The summed E-state index contributed by atoms with van der Waals surface area (Å²) in [6.07, 6.45) is 4.67. The number of amides is 2. The summed E-state index contributed by atoms with van der Waals surface area (Å²) in [5, 5.41) is 2.92. The van der Waals surface area contributed by atoms with Crippen molar-refractivity contribution in [3.8, 4) is 0 Å².